The molecule has 0 amide bonds. The summed E-state index contributed by atoms with van der Waals surface area (Å²) in [5, 5.41) is 6.64. The van der Waals surface area contributed by atoms with Crippen LogP contribution in [0.25, 0.3) is 0 Å². The van der Waals surface area contributed by atoms with Crippen LogP contribution < -0.4 is 0 Å². The van der Waals surface area contributed by atoms with Gasteiger partial charge in [0.15, 0.2) is 0 Å². The van der Waals surface area contributed by atoms with E-state index in [-0.39, 0.29) is 0 Å². The van der Waals surface area contributed by atoms with Crippen molar-refractivity contribution in [3.63, 3.8) is 0 Å². The van der Waals surface area contributed by atoms with Crippen LogP contribution in [0, 0.1) is 6.92 Å². The van der Waals surface area contributed by atoms with Crippen LogP contribution in [0.4, 0.5) is 8.78 Å². The third-order valence-corrected chi connectivity index (χ3v) is 0.798. The zero-order valence-electron chi connectivity index (χ0n) is 6.75. The summed E-state index contributed by atoms with van der Waals surface area (Å²) in [5.74, 6) is 0. The van der Waals surface area contributed by atoms with Crippen LogP contribution in [0.2, 0.25) is 0 Å². The van der Waals surface area contributed by atoms with Crippen molar-refractivity contribution < 1.29 is 8.78 Å². The first-order valence-corrected chi connectivity index (χ1v) is 3.37. The van der Waals surface area contributed by atoms with Crippen molar-refractivity contribution in [1.82, 2.24) is 15.0 Å². The molecule has 0 bridgehead atoms. The Morgan fingerprint density at radius 2 is 2.00 bits per heavy atom. The van der Waals surface area contributed by atoms with Gasteiger partial charge in [0.2, 0.25) is 0 Å². The minimum absolute atomic E-state index is 0.370. The second-order valence-corrected chi connectivity index (χ2v) is 1.58. The average molecular weight is 163 g/mol. The van der Waals surface area contributed by atoms with Gasteiger partial charge in [0.25, 0.3) is 0 Å². The first-order chi connectivity index (χ1) is 5.20. The molecular formula is C6H11F2N3. The Morgan fingerprint density at radius 3 is 2.18 bits per heavy atom. The summed E-state index contributed by atoms with van der Waals surface area (Å²) in [6.07, 6.45) is 1.28. The van der Waals surface area contributed by atoms with Gasteiger partial charge in [0.1, 0.15) is 0 Å². The lowest BCUT2D eigenvalue weighted by Crippen LogP contribution is -2.01. The molecule has 5 heteroatoms. The number of halogens is 2. The van der Waals surface area contributed by atoms with Crippen LogP contribution in [0.5, 0.6) is 0 Å². The summed E-state index contributed by atoms with van der Waals surface area (Å²) in [4.78, 5) is 0.370. The number of hydrogen-bond donors (Lipinski definition) is 0. The molecule has 0 N–H and O–H groups in total. The van der Waals surface area contributed by atoms with E-state index < -0.39 is 6.55 Å². The van der Waals surface area contributed by atoms with E-state index in [1.165, 1.54) is 6.20 Å². The highest BCUT2D eigenvalue weighted by molar-refractivity contribution is 4.84. The number of nitrogens with zero attached hydrogens (tertiary/aromatic N) is 3. The predicted molar refractivity (Wildman–Crippen MR) is 37.4 cm³/mol. The molecule has 3 nitrogen and oxygen atoms in total. The second kappa shape index (κ2) is 4.76. The fourth-order valence-electron chi connectivity index (χ4n) is 0.450. The Morgan fingerprint density at radius 1 is 1.45 bits per heavy atom. The molecule has 0 atom stereocenters. The van der Waals surface area contributed by atoms with Gasteiger partial charge in [-0.25, -0.2) is 0 Å². The van der Waals surface area contributed by atoms with Crippen LogP contribution in [0.3, 0.4) is 0 Å². The molecule has 0 aliphatic carbocycles. The second-order valence-electron chi connectivity index (χ2n) is 1.58. The Hall–Kier alpha value is -1.00. The van der Waals surface area contributed by atoms with Gasteiger partial charge in [-0.1, -0.05) is 13.8 Å². The van der Waals surface area contributed by atoms with E-state index in [9.17, 15) is 8.78 Å². The van der Waals surface area contributed by atoms with Gasteiger partial charge in [0.05, 0.1) is 11.9 Å². The van der Waals surface area contributed by atoms with E-state index in [0.29, 0.717) is 10.5 Å². The number of hydrogen-bond acceptors (Lipinski definition) is 2. The molecule has 0 aliphatic heterocycles. The highest BCUT2D eigenvalue weighted by Gasteiger charge is 2.05. The topological polar surface area (TPSA) is 30.7 Å². The maximum Gasteiger partial charge on any atom is 0.348 e. The molecule has 0 saturated carbocycles. The zero-order chi connectivity index (χ0) is 8.85. The quantitative estimate of drug-likeness (QED) is 0.634. The smallest absolute Gasteiger partial charge is 0.182 e. The highest BCUT2D eigenvalue weighted by atomic mass is 19.3. The molecule has 0 aliphatic rings. The van der Waals surface area contributed by atoms with Crippen LogP contribution in [0.1, 0.15) is 26.1 Å². The van der Waals surface area contributed by atoms with Crippen molar-refractivity contribution in [1.29, 1.82) is 0 Å². The van der Waals surface area contributed by atoms with Crippen LogP contribution in [0.15, 0.2) is 6.20 Å². The van der Waals surface area contributed by atoms with Gasteiger partial charge >= 0.3 is 6.55 Å². The summed E-state index contributed by atoms with van der Waals surface area (Å²) in [5.41, 5.74) is 0.496. The number of rotatable bonds is 1. The molecule has 0 spiro atoms. The van der Waals surface area contributed by atoms with Gasteiger partial charge in [-0.2, -0.15) is 19.0 Å². The molecule has 0 saturated heterocycles. The first-order valence-electron chi connectivity index (χ1n) is 3.37. The van der Waals surface area contributed by atoms with E-state index in [0.717, 1.165) is 0 Å². The lowest BCUT2D eigenvalue weighted by molar-refractivity contribution is 0.0411. The number of aryl methyl sites for hydroxylation is 1. The summed E-state index contributed by atoms with van der Waals surface area (Å²) in [7, 11) is 0. The van der Waals surface area contributed by atoms with Crippen LogP contribution >= 0.6 is 0 Å². The zero-order valence-corrected chi connectivity index (χ0v) is 6.75. The lowest BCUT2D eigenvalue weighted by Gasteiger charge is -1.91. The van der Waals surface area contributed by atoms with Gasteiger partial charge in [-0.3, -0.25) is 0 Å². The molecule has 1 aromatic heterocycles. The van der Waals surface area contributed by atoms with Crippen molar-refractivity contribution >= 4 is 0 Å². The lowest BCUT2D eigenvalue weighted by atomic mass is 10.6. The Labute approximate surface area is 64.0 Å². The van der Waals surface area contributed by atoms with E-state index in [2.05, 4.69) is 10.2 Å². The molecule has 0 aromatic carbocycles. The van der Waals surface area contributed by atoms with Gasteiger partial charge in [-0.05, 0) is 6.92 Å². The Kier molecular flexibility index (Phi) is 4.33. The maximum absolute atomic E-state index is 11.6. The molecule has 0 radical (unpaired) electrons. The minimum atomic E-state index is -2.63. The Bertz CT molecular complexity index is 197. The fourth-order valence-corrected chi connectivity index (χ4v) is 0.450. The van der Waals surface area contributed by atoms with Gasteiger partial charge < -0.3 is 0 Å². The summed E-state index contributed by atoms with van der Waals surface area (Å²) in [6, 6.07) is 0. The monoisotopic (exact) mass is 163 g/mol. The van der Waals surface area contributed by atoms with E-state index in [4.69, 9.17) is 0 Å². The molecule has 1 rings (SSSR count). The van der Waals surface area contributed by atoms with Crippen molar-refractivity contribution in [2.75, 3.05) is 0 Å². The molecule has 0 fully saturated rings. The summed E-state index contributed by atoms with van der Waals surface area (Å²) >= 11 is 0. The molecule has 64 valence electrons. The molecular weight excluding hydrogens is 152 g/mol. The first kappa shape index (κ1) is 10.0. The largest absolute Gasteiger partial charge is 0.348 e. The van der Waals surface area contributed by atoms with E-state index in [1.807, 2.05) is 13.8 Å². The number of alkyl halides is 2. The SMILES string of the molecule is CC.Cc1cnn(C(F)F)n1. The van der Waals surface area contributed by atoms with Crippen molar-refractivity contribution in [3.05, 3.63) is 11.9 Å². The third-order valence-electron chi connectivity index (χ3n) is 0.798. The van der Waals surface area contributed by atoms with E-state index in [1.54, 1.807) is 6.92 Å². The fraction of sp³-hybridized carbons (Fsp3) is 0.667. The average Bonchev–Trinajstić information content (AvgIpc) is 2.40. The standard InChI is InChI=1S/C4H5F2N3.C2H6/c1-3-2-7-9(8-3)4(5)6;1-2/h2,4H,1H3;1-2H3. The number of aromatic nitrogens is 3. The van der Waals surface area contributed by atoms with Gasteiger partial charge in [0, 0.05) is 0 Å². The summed E-state index contributed by atoms with van der Waals surface area (Å²) in [6.45, 7) is 2.98. The van der Waals surface area contributed by atoms with Crippen molar-refractivity contribution in [2.24, 2.45) is 0 Å². The van der Waals surface area contributed by atoms with Crippen molar-refractivity contribution in [2.45, 2.75) is 27.3 Å². The molecule has 1 heterocycles. The minimum Gasteiger partial charge on any atom is -0.182 e. The highest BCUT2D eigenvalue weighted by Crippen LogP contribution is 2.04. The van der Waals surface area contributed by atoms with Crippen LogP contribution in [-0.2, 0) is 0 Å². The molecule has 11 heavy (non-hydrogen) atoms. The van der Waals surface area contributed by atoms with Crippen molar-refractivity contribution in [3.8, 4) is 0 Å². The Balaban J connectivity index is 0.000000461. The van der Waals surface area contributed by atoms with Gasteiger partial charge in [-0.15, -0.1) is 4.80 Å². The molecule has 1 aromatic rings. The third kappa shape index (κ3) is 3.06. The van der Waals surface area contributed by atoms with E-state index >= 15 is 0 Å². The van der Waals surface area contributed by atoms with Crippen LogP contribution in [-0.4, -0.2) is 15.0 Å². The summed E-state index contributed by atoms with van der Waals surface area (Å²) < 4.78 is 23.2. The predicted octanol–water partition coefficient (Wildman–Crippen LogP) is 2.01. The normalized spacial score (nSPS) is 9.27. The molecule has 0 unspecified atom stereocenters. The maximum atomic E-state index is 11.6.